The van der Waals surface area contributed by atoms with E-state index in [2.05, 4.69) is 22.1 Å². The molecule has 0 atom stereocenters. The Hall–Kier alpha value is -1.90. The first-order valence-electron chi connectivity index (χ1n) is 5.98. The molecule has 0 radical (unpaired) electrons. The zero-order valence-electron chi connectivity index (χ0n) is 9.63. The highest BCUT2D eigenvalue weighted by Crippen LogP contribution is 2.39. The maximum absolute atomic E-state index is 5.83. The highest BCUT2D eigenvalue weighted by Gasteiger charge is 2.25. The maximum Gasteiger partial charge on any atom is 0.135 e. The number of hydrogen-bond acceptors (Lipinski definition) is 3. The van der Waals surface area contributed by atoms with Crippen molar-refractivity contribution in [3.05, 3.63) is 53.5 Å². The number of rotatable bonds is 3. The van der Waals surface area contributed by atoms with Gasteiger partial charge in [0.2, 0.25) is 0 Å². The van der Waals surface area contributed by atoms with Gasteiger partial charge in [0.05, 0.1) is 0 Å². The number of aromatic nitrogens is 2. The molecule has 1 aromatic carbocycles. The fourth-order valence-electron chi connectivity index (χ4n) is 1.98. The number of nitrogens with zero attached hydrogens (tertiary/aromatic N) is 2. The van der Waals surface area contributed by atoms with E-state index in [-0.39, 0.29) is 0 Å². The van der Waals surface area contributed by atoms with Gasteiger partial charge in [-0.3, -0.25) is 0 Å². The van der Waals surface area contributed by atoms with Crippen molar-refractivity contribution in [2.24, 2.45) is 0 Å². The monoisotopic (exact) mass is 225 g/mol. The van der Waals surface area contributed by atoms with E-state index in [0.29, 0.717) is 11.7 Å². The Balaban J connectivity index is 1.87. The Morgan fingerprint density at radius 2 is 1.88 bits per heavy atom. The van der Waals surface area contributed by atoms with Gasteiger partial charge in [0.15, 0.2) is 0 Å². The van der Waals surface area contributed by atoms with Crippen LogP contribution in [0.4, 0.5) is 5.82 Å². The van der Waals surface area contributed by atoms with Crippen LogP contribution in [-0.2, 0) is 6.42 Å². The van der Waals surface area contributed by atoms with Crippen LogP contribution in [0.2, 0.25) is 0 Å². The molecule has 2 aromatic rings. The van der Waals surface area contributed by atoms with Crippen LogP contribution in [-0.4, -0.2) is 9.97 Å². The second-order valence-electron chi connectivity index (χ2n) is 4.57. The summed E-state index contributed by atoms with van der Waals surface area (Å²) in [6.07, 6.45) is 3.23. The highest BCUT2D eigenvalue weighted by molar-refractivity contribution is 5.34. The molecular formula is C14H15N3. The number of anilines is 1. The van der Waals surface area contributed by atoms with Crippen molar-refractivity contribution in [1.82, 2.24) is 9.97 Å². The van der Waals surface area contributed by atoms with E-state index < -0.39 is 0 Å². The fourth-order valence-corrected chi connectivity index (χ4v) is 1.98. The largest absolute Gasteiger partial charge is 0.384 e. The predicted molar refractivity (Wildman–Crippen MR) is 67.7 cm³/mol. The first-order chi connectivity index (χ1) is 8.31. The number of nitrogen functional groups attached to an aromatic ring is 1. The van der Waals surface area contributed by atoms with E-state index in [1.54, 1.807) is 0 Å². The standard InChI is InChI=1S/C14H15N3/c15-13-9-12(11-6-7-11)16-14(17-13)8-10-4-2-1-3-5-10/h1-5,9,11H,6-8H2,(H2,15,16,17). The summed E-state index contributed by atoms with van der Waals surface area (Å²) in [6.45, 7) is 0. The highest BCUT2D eigenvalue weighted by atomic mass is 14.9. The first-order valence-corrected chi connectivity index (χ1v) is 5.98. The predicted octanol–water partition coefficient (Wildman–Crippen LogP) is 2.53. The minimum absolute atomic E-state index is 0.591. The lowest BCUT2D eigenvalue weighted by Crippen LogP contribution is -2.03. The third-order valence-corrected chi connectivity index (χ3v) is 3.01. The van der Waals surface area contributed by atoms with Gasteiger partial charge in [-0.25, -0.2) is 9.97 Å². The third kappa shape index (κ3) is 2.44. The molecule has 3 heteroatoms. The third-order valence-electron chi connectivity index (χ3n) is 3.01. The van der Waals surface area contributed by atoms with Crippen molar-refractivity contribution in [3.63, 3.8) is 0 Å². The Morgan fingerprint density at radius 3 is 2.59 bits per heavy atom. The summed E-state index contributed by atoms with van der Waals surface area (Å²) in [7, 11) is 0. The molecule has 1 saturated carbocycles. The van der Waals surface area contributed by atoms with Crippen molar-refractivity contribution in [1.29, 1.82) is 0 Å². The van der Waals surface area contributed by atoms with Gasteiger partial charge in [-0.2, -0.15) is 0 Å². The summed E-state index contributed by atoms with van der Waals surface area (Å²) < 4.78 is 0. The van der Waals surface area contributed by atoms with Gasteiger partial charge in [0.1, 0.15) is 11.6 Å². The van der Waals surface area contributed by atoms with E-state index in [1.165, 1.54) is 18.4 Å². The summed E-state index contributed by atoms with van der Waals surface area (Å²) in [5.74, 6) is 2.04. The zero-order chi connectivity index (χ0) is 11.7. The van der Waals surface area contributed by atoms with Crippen molar-refractivity contribution < 1.29 is 0 Å². The molecule has 1 heterocycles. The number of benzene rings is 1. The fraction of sp³-hybridized carbons (Fsp3) is 0.286. The second kappa shape index (κ2) is 4.17. The van der Waals surface area contributed by atoms with Crippen LogP contribution in [0.1, 0.15) is 35.8 Å². The molecule has 1 fully saturated rings. The molecule has 3 rings (SSSR count). The van der Waals surface area contributed by atoms with Crippen LogP contribution in [0.5, 0.6) is 0 Å². The van der Waals surface area contributed by atoms with E-state index in [9.17, 15) is 0 Å². The van der Waals surface area contributed by atoms with Crippen molar-refractivity contribution in [3.8, 4) is 0 Å². The zero-order valence-corrected chi connectivity index (χ0v) is 9.63. The van der Waals surface area contributed by atoms with Crippen molar-refractivity contribution >= 4 is 5.82 Å². The molecule has 0 spiro atoms. The first kappa shape index (κ1) is 10.3. The molecule has 2 N–H and O–H groups in total. The molecule has 1 aliphatic carbocycles. The average Bonchev–Trinajstić information content (AvgIpc) is 3.13. The van der Waals surface area contributed by atoms with Crippen LogP contribution in [0, 0.1) is 0 Å². The van der Waals surface area contributed by atoms with Gasteiger partial charge >= 0.3 is 0 Å². The molecule has 3 nitrogen and oxygen atoms in total. The normalized spacial score (nSPS) is 14.8. The van der Waals surface area contributed by atoms with Gasteiger partial charge in [-0.1, -0.05) is 30.3 Å². The van der Waals surface area contributed by atoms with Crippen LogP contribution in [0.15, 0.2) is 36.4 Å². The Kier molecular flexibility index (Phi) is 2.52. The van der Waals surface area contributed by atoms with E-state index >= 15 is 0 Å². The second-order valence-corrected chi connectivity index (χ2v) is 4.57. The van der Waals surface area contributed by atoms with Gasteiger partial charge in [0.25, 0.3) is 0 Å². The summed E-state index contributed by atoms with van der Waals surface area (Å²) in [4.78, 5) is 8.91. The summed E-state index contributed by atoms with van der Waals surface area (Å²) >= 11 is 0. The Labute approximate surface area is 101 Å². The topological polar surface area (TPSA) is 51.8 Å². The van der Waals surface area contributed by atoms with E-state index in [4.69, 9.17) is 5.73 Å². The molecule has 0 amide bonds. The molecule has 0 bridgehead atoms. The van der Waals surface area contributed by atoms with Crippen LogP contribution in [0.25, 0.3) is 0 Å². The lowest BCUT2D eigenvalue weighted by Gasteiger charge is -2.05. The van der Waals surface area contributed by atoms with Gasteiger partial charge < -0.3 is 5.73 Å². The molecule has 1 aliphatic rings. The van der Waals surface area contributed by atoms with Crippen molar-refractivity contribution in [2.75, 3.05) is 5.73 Å². The van der Waals surface area contributed by atoms with E-state index in [0.717, 1.165) is 17.9 Å². The number of nitrogens with two attached hydrogens (primary N) is 1. The summed E-state index contributed by atoms with van der Waals surface area (Å²) in [5.41, 5.74) is 8.16. The molecule has 17 heavy (non-hydrogen) atoms. The number of hydrogen-bond donors (Lipinski definition) is 1. The summed E-state index contributed by atoms with van der Waals surface area (Å²) in [6, 6.07) is 12.2. The maximum atomic E-state index is 5.83. The van der Waals surface area contributed by atoms with Crippen LogP contribution in [0.3, 0.4) is 0 Å². The molecule has 86 valence electrons. The quantitative estimate of drug-likeness (QED) is 0.873. The van der Waals surface area contributed by atoms with Gasteiger partial charge in [-0.05, 0) is 18.4 Å². The van der Waals surface area contributed by atoms with Gasteiger partial charge in [0, 0.05) is 24.1 Å². The van der Waals surface area contributed by atoms with Crippen molar-refractivity contribution in [2.45, 2.75) is 25.2 Å². The molecular weight excluding hydrogens is 210 g/mol. The molecule has 0 unspecified atom stereocenters. The smallest absolute Gasteiger partial charge is 0.135 e. The minimum Gasteiger partial charge on any atom is -0.384 e. The molecule has 1 aromatic heterocycles. The molecule has 0 saturated heterocycles. The Bertz CT molecular complexity index is 518. The van der Waals surface area contributed by atoms with Crippen LogP contribution < -0.4 is 5.73 Å². The van der Waals surface area contributed by atoms with E-state index in [1.807, 2.05) is 24.3 Å². The lowest BCUT2D eigenvalue weighted by molar-refractivity contribution is 0.905. The average molecular weight is 225 g/mol. The Morgan fingerprint density at radius 1 is 1.12 bits per heavy atom. The molecule has 0 aliphatic heterocycles. The SMILES string of the molecule is Nc1cc(C2CC2)nc(Cc2ccccc2)n1. The summed E-state index contributed by atoms with van der Waals surface area (Å²) in [5, 5.41) is 0. The van der Waals surface area contributed by atoms with Crippen LogP contribution >= 0.6 is 0 Å². The lowest BCUT2D eigenvalue weighted by atomic mass is 10.1. The van der Waals surface area contributed by atoms with Gasteiger partial charge in [-0.15, -0.1) is 0 Å². The minimum atomic E-state index is 0.591.